The topological polar surface area (TPSA) is 54.4 Å². The third-order valence-electron chi connectivity index (χ3n) is 1.49. The molecule has 3 nitrogen and oxygen atoms in total. The number of ketones is 1. The average molecular weight is 242 g/mol. The van der Waals surface area contributed by atoms with Gasteiger partial charge in [-0.05, 0) is 24.0 Å². The highest BCUT2D eigenvalue weighted by atomic mass is 32.2. The number of carboxylic acid groups (broad SMARTS) is 1. The van der Waals surface area contributed by atoms with Crippen LogP contribution in [0.2, 0.25) is 0 Å². The molecule has 0 unspecified atom stereocenters. The van der Waals surface area contributed by atoms with E-state index in [-0.39, 0.29) is 5.78 Å². The van der Waals surface area contributed by atoms with Gasteiger partial charge in [-0.25, -0.2) is 4.79 Å². The molecule has 1 aromatic heterocycles. The average Bonchev–Trinajstić information content (AvgIpc) is 2.63. The fourth-order valence-corrected chi connectivity index (χ4v) is 2.87. The van der Waals surface area contributed by atoms with E-state index in [4.69, 9.17) is 5.11 Å². The number of hydrogen-bond acceptors (Lipinski definition) is 4. The molecule has 0 saturated carbocycles. The van der Waals surface area contributed by atoms with Gasteiger partial charge in [0.2, 0.25) is 0 Å². The zero-order valence-corrected chi connectivity index (χ0v) is 9.73. The van der Waals surface area contributed by atoms with Crippen molar-refractivity contribution in [3.05, 3.63) is 29.2 Å². The molecule has 0 amide bonds. The van der Waals surface area contributed by atoms with Crippen molar-refractivity contribution in [3.8, 4) is 0 Å². The Bertz CT molecular complexity index is 393. The van der Waals surface area contributed by atoms with Gasteiger partial charge in [-0.2, -0.15) is 0 Å². The highest BCUT2D eigenvalue weighted by molar-refractivity contribution is 8.01. The number of thiophene rings is 1. The summed E-state index contributed by atoms with van der Waals surface area (Å²) in [7, 11) is 0. The van der Waals surface area contributed by atoms with E-state index < -0.39 is 5.97 Å². The molecule has 0 saturated heterocycles. The third kappa shape index (κ3) is 3.89. The van der Waals surface area contributed by atoms with E-state index in [1.807, 2.05) is 13.0 Å². The molecule has 1 heterocycles. The third-order valence-corrected chi connectivity index (χ3v) is 3.70. The fourth-order valence-electron chi connectivity index (χ4n) is 0.902. The standard InChI is InChI=1S/C10H10O3S2/c1-2-14-10-6-4-8(15-10)7(11)3-5-9(12)13/h3-6H,2H2,1H3,(H,12,13)/b5-3+. The van der Waals surface area contributed by atoms with Crippen molar-refractivity contribution in [1.29, 1.82) is 0 Å². The van der Waals surface area contributed by atoms with Crippen LogP contribution in [0.15, 0.2) is 28.5 Å². The molecule has 0 spiro atoms. The Labute approximate surface area is 95.8 Å². The molecule has 0 aliphatic heterocycles. The van der Waals surface area contributed by atoms with Crippen LogP contribution in [0.25, 0.3) is 0 Å². The fraction of sp³-hybridized carbons (Fsp3) is 0.200. The lowest BCUT2D eigenvalue weighted by atomic mass is 10.3. The van der Waals surface area contributed by atoms with Gasteiger partial charge >= 0.3 is 5.97 Å². The Morgan fingerprint density at radius 2 is 2.20 bits per heavy atom. The number of carbonyl (C=O) groups excluding carboxylic acids is 1. The van der Waals surface area contributed by atoms with Crippen LogP contribution >= 0.6 is 23.1 Å². The van der Waals surface area contributed by atoms with Crippen LogP contribution in [-0.2, 0) is 4.79 Å². The number of carboxylic acids is 1. The molecule has 0 radical (unpaired) electrons. The van der Waals surface area contributed by atoms with Crippen molar-refractivity contribution < 1.29 is 14.7 Å². The van der Waals surface area contributed by atoms with Gasteiger partial charge in [0.05, 0.1) is 9.09 Å². The normalized spacial score (nSPS) is 10.7. The molecule has 15 heavy (non-hydrogen) atoms. The Morgan fingerprint density at radius 1 is 1.47 bits per heavy atom. The zero-order valence-electron chi connectivity index (χ0n) is 8.10. The smallest absolute Gasteiger partial charge is 0.328 e. The van der Waals surface area contributed by atoms with Crippen LogP contribution in [-0.4, -0.2) is 22.6 Å². The predicted molar refractivity (Wildman–Crippen MR) is 61.8 cm³/mol. The molecule has 1 N–H and O–H groups in total. The van der Waals surface area contributed by atoms with Crippen molar-refractivity contribution in [2.75, 3.05) is 5.75 Å². The Hall–Kier alpha value is -1.07. The highest BCUT2D eigenvalue weighted by Crippen LogP contribution is 2.27. The summed E-state index contributed by atoms with van der Waals surface area (Å²) in [5, 5.41) is 8.36. The summed E-state index contributed by atoms with van der Waals surface area (Å²) in [5.74, 6) is -0.410. The van der Waals surface area contributed by atoms with E-state index in [0.717, 1.165) is 22.1 Å². The maximum Gasteiger partial charge on any atom is 0.328 e. The number of carbonyl (C=O) groups is 2. The van der Waals surface area contributed by atoms with Crippen LogP contribution in [0, 0.1) is 0 Å². The van der Waals surface area contributed by atoms with E-state index in [1.54, 1.807) is 17.8 Å². The maximum absolute atomic E-state index is 11.4. The summed E-state index contributed by atoms with van der Waals surface area (Å²) < 4.78 is 1.07. The van der Waals surface area contributed by atoms with E-state index in [0.29, 0.717) is 4.88 Å². The summed E-state index contributed by atoms with van der Waals surface area (Å²) in [5.41, 5.74) is 0. The van der Waals surface area contributed by atoms with Gasteiger partial charge in [-0.3, -0.25) is 4.79 Å². The highest BCUT2D eigenvalue weighted by Gasteiger charge is 2.06. The minimum absolute atomic E-state index is 0.259. The summed E-state index contributed by atoms with van der Waals surface area (Å²) in [6.07, 6.45) is 1.93. The second-order valence-corrected chi connectivity index (χ2v) is 5.24. The molecular weight excluding hydrogens is 232 g/mol. The van der Waals surface area contributed by atoms with Crippen molar-refractivity contribution in [2.45, 2.75) is 11.1 Å². The maximum atomic E-state index is 11.4. The summed E-state index contributed by atoms with van der Waals surface area (Å²) in [4.78, 5) is 22.2. The van der Waals surface area contributed by atoms with Crippen LogP contribution < -0.4 is 0 Å². The Balaban J connectivity index is 2.70. The summed E-state index contributed by atoms with van der Waals surface area (Å²) in [6, 6.07) is 3.60. The minimum atomic E-state index is -1.11. The minimum Gasteiger partial charge on any atom is -0.478 e. The van der Waals surface area contributed by atoms with Gasteiger partial charge in [0.1, 0.15) is 0 Å². The quantitative estimate of drug-likeness (QED) is 0.490. The van der Waals surface area contributed by atoms with Gasteiger partial charge in [0.15, 0.2) is 5.78 Å². The molecular formula is C10H10O3S2. The molecule has 0 fully saturated rings. The summed E-state index contributed by atoms with van der Waals surface area (Å²) in [6.45, 7) is 2.04. The number of allylic oxidation sites excluding steroid dienone is 1. The first-order valence-corrected chi connectivity index (χ1v) is 6.11. The first kappa shape index (κ1) is 12.0. The predicted octanol–water partition coefficient (Wildman–Crippen LogP) is 2.68. The molecule has 0 aromatic carbocycles. The number of hydrogen-bond donors (Lipinski definition) is 1. The van der Waals surface area contributed by atoms with Crippen molar-refractivity contribution in [2.24, 2.45) is 0 Å². The largest absolute Gasteiger partial charge is 0.478 e. The molecule has 1 aromatic rings. The van der Waals surface area contributed by atoms with Crippen LogP contribution in [0.4, 0.5) is 0 Å². The van der Waals surface area contributed by atoms with E-state index in [1.165, 1.54) is 11.3 Å². The van der Waals surface area contributed by atoms with Gasteiger partial charge in [0.25, 0.3) is 0 Å². The van der Waals surface area contributed by atoms with Gasteiger partial charge in [-0.1, -0.05) is 6.92 Å². The second-order valence-electron chi connectivity index (χ2n) is 2.59. The Morgan fingerprint density at radius 3 is 2.80 bits per heavy atom. The molecule has 1 rings (SSSR count). The monoisotopic (exact) mass is 242 g/mol. The number of aliphatic carboxylic acids is 1. The molecule has 0 atom stereocenters. The number of rotatable bonds is 5. The van der Waals surface area contributed by atoms with E-state index in [2.05, 4.69) is 0 Å². The Kier molecular flexibility index (Phi) is 4.58. The lowest BCUT2D eigenvalue weighted by Gasteiger charge is -1.89. The van der Waals surface area contributed by atoms with E-state index in [9.17, 15) is 9.59 Å². The summed E-state index contributed by atoms with van der Waals surface area (Å²) >= 11 is 3.05. The number of thioether (sulfide) groups is 1. The molecule has 0 bridgehead atoms. The second kappa shape index (κ2) is 5.72. The lowest BCUT2D eigenvalue weighted by Crippen LogP contribution is -1.93. The van der Waals surface area contributed by atoms with Crippen LogP contribution in [0.5, 0.6) is 0 Å². The molecule has 0 aliphatic carbocycles. The molecule has 0 aliphatic rings. The van der Waals surface area contributed by atoms with Gasteiger partial charge in [0, 0.05) is 6.08 Å². The van der Waals surface area contributed by atoms with Crippen molar-refractivity contribution in [3.63, 3.8) is 0 Å². The molecule has 80 valence electrons. The van der Waals surface area contributed by atoms with Crippen molar-refractivity contribution >= 4 is 34.9 Å². The zero-order chi connectivity index (χ0) is 11.3. The van der Waals surface area contributed by atoms with Crippen LogP contribution in [0.3, 0.4) is 0 Å². The van der Waals surface area contributed by atoms with E-state index >= 15 is 0 Å². The van der Waals surface area contributed by atoms with Gasteiger partial charge < -0.3 is 5.11 Å². The first-order chi connectivity index (χ1) is 7.13. The molecule has 5 heteroatoms. The SMILES string of the molecule is CCSc1ccc(C(=O)/C=C/C(=O)O)s1. The lowest BCUT2D eigenvalue weighted by molar-refractivity contribution is -0.131. The van der Waals surface area contributed by atoms with Crippen LogP contribution in [0.1, 0.15) is 16.6 Å². The van der Waals surface area contributed by atoms with Gasteiger partial charge in [-0.15, -0.1) is 23.1 Å². The van der Waals surface area contributed by atoms with Crippen molar-refractivity contribution in [1.82, 2.24) is 0 Å². The first-order valence-electron chi connectivity index (χ1n) is 4.31.